The topological polar surface area (TPSA) is 39.9 Å². The summed E-state index contributed by atoms with van der Waals surface area (Å²) in [6.45, 7) is 8.88. The average molecular weight is 359 g/mol. The summed E-state index contributed by atoms with van der Waals surface area (Å²) in [5.74, 6) is 0. The number of halogens is 2. The number of pyridine rings is 1. The summed E-state index contributed by atoms with van der Waals surface area (Å²) in [7, 11) is 1.92. The Morgan fingerprint density at radius 1 is 1.15 bits per heavy atom. The minimum absolute atomic E-state index is 0.00240. The maximum absolute atomic E-state index is 13.5. The van der Waals surface area contributed by atoms with Gasteiger partial charge in [-0.1, -0.05) is 27.7 Å². The summed E-state index contributed by atoms with van der Waals surface area (Å²) in [6, 6.07) is 8.59. The second-order valence-electron chi connectivity index (χ2n) is 5.44. The van der Waals surface area contributed by atoms with E-state index in [1.165, 1.54) is 6.20 Å². The van der Waals surface area contributed by atoms with Crippen molar-refractivity contribution in [2.45, 2.75) is 47.0 Å². The second-order valence-corrected chi connectivity index (χ2v) is 5.44. The van der Waals surface area contributed by atoms with Gasteiger partial charge in [0.15, 0.2) is 0 Å². The first kappa shape index (κ1) is 21.6. The molecule has 1 aromatic carbocycles. The minimum Gasteiger partial charge on any atom is -0.374 e. The van der Waals surface area contributed by atoms with Crippen LogP contribution in [0.15, 0.2) is 30.5 Å². The molecule has 2 aromatic rings. The maximum atomic E-state index is 13.5. The smallest absolute Gasteiger partial charge is 0.264 e. The molecule has 0 saturated carbocycles. The molecule has 0 atom stereocenters. The lowest BCUT2D eigenvalue weighted by Crippen LogP contribution is -2.25. The van der Waals surface area contributed by atoms with Gasteiger partial charge in [-0.3, -0.25) is 0 Å². The number of benzene rings is 1. The molecule has 0 saturated heterocycles. The van der Waals surface area contributed by atoms with E-state index in [1.807, 2.05) is 51.8 Å². The molecule has 0 amide bonds. The van der Waals surface area contributed by atoms with E-state index in [1.54, 1.807) is 18.2 Å². The van der Waals surface area contributed by atoms with Crippen LogP contribution in [0.4, 0.5) is 14.5 Å². The molecular weight excluding hydrogens is 332 g/mol. The third-order valence-electron chi connectivity index (χ3n) is 4.02. The molecule has 3 nitrogen and oxygen atoms in total. The van der Waals surface area contributed by atoms with E-state index in [0.29, 0.717) is 11.1 Å². The lowest BCUT2D eigenvalue weighted by atomic mass is 9.92. The molecule has 1 aromatic heterocycles. The van der Waals surface area contributed by atoms with Crippen LogP contribution in [0.2, 0.25) is 0 Å². The standard InChI is InChI=1S/C17H15F2N3.2C2H6/c1-22-6-2-3-12-8-14(15(17(18)19)9-16(12)22)11-4-5-21-13(7-11)10-20;2*1-2/h4-5,7-9,17H,2-3,6H2,1H3;2*1-2H3. The molecule has 0 fully saturated rings. The first-order chi connectivity index (χ1) is 12.6. The summed E-state index contributed by atoms with van der Waals surface area (Å²) in [5.41, 5.74) is 3.28. The zero-order valence-corrected chi connectivity index (χ0v) is 16.2. The highest BCUT2D eigenvalue weighted by Gasteiger charge is 2.21. The summed E-state index contributed by atoms with van der Waals surface area (Å²) < 4.78 is 27.0. The van der Waals surface area contributed by atoms with Crippen molar-refractivity contribution < 1.29 is 8.78 Å². The number of rotatable bonds is 2. The SMILES string of the molecule is CC.CC.CN1CCCc2cc(-c3ccnc(C#N)c3)c(C(F)F)cc21. The van der Waals surface area contributed by atoms with Crippen LogP contribution < -0.4 is 4.90 Å². The van der Waals surface area contributed by atoms with Crippen LogP contribution in [-0.2, 0) is 6.42 Å². The number of hydrogen-bond acceptors (Lipinski definition) is 3. The van der Waals surface area contributed by atoms with Crippen LogP contribution >= 0.6 is 0 Å². The Balaban J connectivity index is 0.000000791. The van der Waals surface area contributed by atoms with Crippen molar-refractivity contribution in [3.63, 3.8) is 0 Å². The largest absolute Gasteiger partial charge is 0.374 e. The van der Waals surface area contributed by atoms with Crippen molar-refractivity contribution in [2.24, 2.45) is 0 Å². The highest BCUT2D eigenvalue weighted by atomic mass is 19.3. The van der Waals surface area contributed by atoms with E-state index >= 15 is 0 Å². The fourth-order valence-corrected chi connectivity index (χ4v) is 2.92. The second kappa shape index (κ2) is 10.5. The van der Waals surface area contributed by atoms with Crippen LogP contribution in [-0.4, -0.2) is 18.6 Å². The highest BCUT2D eigenvalue weighted by Crippen LogP contribution is 2.38. The number of nitrogens with zero attached hydrogens (tertiary/aromatic N) is 3. The maximum Gasteiger partial charge on any atom is 0.264 e. The number of fused-ring (bicyclic) bond motifs is 1. The van der Waals surface area contributed by atoms with Crippen LogP contribution in [0.1, 0.15) is 57.4 Å². The van der Waals surface area contributed by atoms with Crippen LogP contribution in [0.25, 0.3) is 11.1 Å². The van der Waals surface area contributed by atoms with Gasteiger partial charge in [-0.05, 0) is 53.8 Å². The molecule has 0 unspecified atom stereocenters. The lowest BCUT2D eigenvalue weighted by Gasteiger charge is -2.29. The third kappa shape index (κ3) is 4.78. The molecule has 140 valence electrons. The number of anilines is 1. The Labute approximate surface area is 155 Å². The Morgan fingerprint density at radius 3 is 2.46 bits per heavy atom. The molecule has 0 bridgehead atoms. The Kier molecular flexibility index (Phi) is 8.71. The van der Waals surface area contributed by atoms with Gasteiger partial charge in [0, 0.05) is 31.0 Å². The van der Waals surface area contributed by atoms with E-state index in [-0.39, 0.29) is 11.3 Å². The predicted octanol–water partition coefficient (Wildman–Crippen LogP) is 5.99. The lowest BCUT2D eigenvalue weighted by molar-refractivity contribution is 0.152. The van der Waals surface area contributed by atoms with Crippen molar-refractivity contribution in [2.75, 3.05) is 18.5 Å². The third-order valence-corrected chi connectivity index (χ3v) is 4.02. The molecule has 1 aliphatic heterocycles. The molecule has 2 heterocycles. The van der Waals surface area contributed by atoms with Gasteiger partial charge in [-0.2, -0.15) is 5.26 Å². The molecule has 3 rings (SSSR count). The molecule has 5 heteroatoms. The number of alkyl halides is 2. The summed E-state index contributed by atoms with van der Waals surface area (Å²) in [6.07, 6.45) is 0.812. The van der Waals surface area contributed by atoms with Crippen molar-refractivity contribution in [3.8, 4) is 17.2 Å². The summed E-state index contributed by atoms with van der Waals surface area (Å²) in [4.78, 5) is 5.92. The van der Waals surface area contributed by atoms with E-state index < -0.39 is 6.43 Å². The molecule has 0 aliphatic carbocycles. The van der Waals surface area contributed by atoms with Gasteiger partial charge < -0.3 is 4.90 Å². The average Bonchev–Trinajstić information content (AvgIpc) is 2.70. The van der Waals surface area contributed by atoms with E-state index in [4.69, 9.17) is 5.26 Å². The molecular formula is C21H27F2N3. The first-order valence-corrected chi connectivity index (χ1v) is 9.13. The van der Waals surface area contributed by atoms with Gasteiger partial charge in [0.2, 0.25) is 0 Å². The number of nitriles is 1. The summed E-state index contributed by atoms with van der Waals surface area (Å²) >= 11 is 0. The fourth-order valence-electron chi connectivity index (χ4n) is 2.92. The minimum atomic E-state index is -2.56. The molecule has 0 radical (unpaired) electrons. The summed E-state index contributed by atoms with van der Waals surface area (Å²) in [5, 5.41) is 8.95. The van der Waals surface area contributed by atoms with Crippen LogP contribution in [0, 0.1) is 11.3 Å². The van der Waals surface area contributed by atoms with Gasteiger partial charge >= 0.3 is 0 Å². The van der Waals surface area contributed by atoms with Gasteiger partial charge in [0.25, 0.3) is 6.43 Å². The van der Waals surface area contributed by atoms with E-state index in [2.05, 4.69) is 4.98 Å². The number of hydrogen-bond donors (Lipinski definition) is 0. The van der Waals surface area contributed by atoms with Gasteiger partial charge in [0.05, 0.1) is 0 Å². The zero-order chi connectivity index (χ0) is 19.7. The van der Waals surface area contributed by atoms with E-state index in [9.17, 15) is 8.78 Å². The van der Waals surface area contributed by atoms with Crippen molar-refractivity contribution in [3.05, 3.63) is 47.3 Å². The number of aryl methyl sites for hydroxylation is 1. The van der Waals surface area contributed by atoms with Crippen molar-refractivity contribution in [1.29, 1.82) is 5.26 Å². The van der Waals surface area contributed by atoms with E-state index in [0.717, 1.165) is 30.6 Å². The van der Waals surface area contributed by atoms with Crippen molar-refractivity contribution in [1.82, 2.24) is 4.98 Å². The van der Waals surface area contributed by atoms with Crippen LogP contribution in [0.5, 0.6) is 0 Å². The molecule has 1 aliphatic rings. The molecule has 0 N–H and O–H groups in total. The van der Waals surface area contributed by atoms with Crippen molar-refractivity contribution >= 4 is 5.69 Å². The van der Waals surface area contributed by atoms with Gasteiger partial charge in [-0.15, -0.1) is 0 Å². The Morgan fingerprint density at radius 2 is 1.85 bits per heavy atom. The normalized spacial score (nSPS) is 12.2. The quantitative estimate of drug-likeness (QED) is 0.661. The Hall–Kier alpha value is -2.48. The fraction of sp³-hybridized carbons (Fsp3) is 0.429. The van der Waals surface area contributed by atoms with Gasteiger partial charge in [0.1, 0.15) is 11.8 Å². The molecule has 0 spiro atoms. The van der Waals surface area contributed by atoms with Gasteiger partial charge in [-0.25, -0.2) is 13.8 Å². The number of aromatic nitrogens is 1. The first-order valence-electron chi connectivity index (χ1n) is 9.13. The molecule has 26 heavy (non-hydrogen) atoms. The Bertz CT molecular complexity index is 751. The highest BCUT2D eigenvalue weighted by molar-refractivity contribution is 5.74. The zero-order valence-electron chi connectivity index (χ0n) is 16.2. The predicted molar refractivity (Wildman–Crippen MR) is 104 cm³/mol. The monoisotopic (exact) mass is 359 g/mol. The van der Waals surface area contributed by atoms with Crippen LogP contribution in [0.3, 0.4) is 0 Å².